The summed E-state index contributed by atoms with van der Waals surface area (Å²) in [5.74, 6) is 0.510. The molecular weight excluding hydrogens is 328 g/mol. The molecule has 0 amide bonds. The highest BCUT2D eigenvalue weighted by Crippen LogP contribution is 2.48. The summed E-state index contributed by atoms with van der Waals surface area (Å²) in [6.07, 6.45) is 0. The molecule has 1 fully saturated rings. The summed E-state index contributed by atoms with van der Waals surface area (Å²) in [6.45, 7) is 9.71. The predicted molar refractivity (Wildman–Crippen MR) is 91.6 cm³/mol. The van der Waals surface area contributed by atoms with Crippen LogP contribution in [0, 0.1) is 5.92 Å². The molecular formula is C18H22O5S. The number of ether oxygens (including phenoxy) is 3. The molecule has 0 radical (unpaired) electrons. The average Bonchev–Trinajstić information content (AvgIpc) is 2.73. The number of carbonyl (C=O) groups excluding carboxylic acids is 1. The molecule has 1 aromatic rings. The first-order chi connectivity index (χ1) is 11.3. The number of carbonyl (C=O) groups is 1. The summed E-state index contributed by atoms with van der Waals surface area (Å²) in [5.41, 5.74) is 1.71. The molecule has 2 heterocycles. The van der Waals surface area contributed by atoms with Gasteiger partial charge in [0.2, 0.25) is 0 Å². The maximum Gasteiger partial charge on any atom is 0.324 e. The Kier molecular flexibility index (Phi) is 4.20. The third-order valence-corrected chi connectivity index (χ3v) is 6.68. The standard InChI is InChI=1S/C18H22O5S/c1-10(2)13-9-22-14-7-6-11(21-5)8-12(14)15(13)16-17(19)23-18(3,4)24(16)20/h6-8,13,15-16H,1,9H2,2-5H3/t13-,15-,16?,24+/m1/s1. The van der Waals surface area contributed by atoms with E-state index in [-0.39, 0.29) is 11.8 Å². The van der Waals surface area contributed by atoms with E-state index in [1.165, 1.54) is 0 Å². The second-order valence-electron chi connectivity index (χ2n) is 6.73. The molecule has 4 atom stereocenters. The van der Waals surface area contributed by atoms with Crippen LogP contribution in [0.25, 0.3) is 0 Å². The fourth-order valence-electron chi connectivity index (χ4n) is 3.38. The largest absolute Gasteiger partial charge is 0.497 e. The minimum Gasteiger partial charge on any atom is -0.497 e. The molecule has 130 valence electrons. The van der Waals surface area contributed by atoms with Crippen molar-refractivity contribution in [3.05, 3.63) is 35.9 Å². The molecule has 0 N–H and O–H groups in total. The van der Waals surface area contributed by atoms with Crippen LogP contribution in [0.15, 0.2) is 30.4 Å². The lowest BCUT2D eigenvalue weighted by molar-refractivity contribution is -0.146. The van der Waals surface area contributed by atoms with E-state index in [0.29, 0.717) is 18.1 Å². The third-order valence-electron chi connectivity index (χ3n) is 4.68. The fourth-order valence-corrected chi connectivity index (χ4v) is 4.98. The predicted octanol–water partition coefficient (Wildman–Crippen LogP) is 2.77. The highest BCUT2D eigenvalue weighted by atomic mass is 32.2. The van der Waals surface area contributed by atoms with Crippen LogP contribution in [0.4, 0.5) is 0 Å². The van der Waals surface area contributed by atoms with E-state index in [9.17, 15) is 9.00 Å². The molecule has 0 aromatic heterocycles. The average molecular weight is 350 g/mol. The Bertz CT molecular complexity index is 724. The lowest BCUT2D eigenvalue weighted by Gasteiger charge is -2.36. The van der Waals surface area contributed by atoms with Crippen molar-refractivity contribution in [3.63, 3.8) is 0 Å². The van der Waals surface area contributed by atoms with Gasteiger partial charge in [0, 0.05) is 17.4 Å². The van der Waals surface area contributed by atoms with Gasteiger partial charge in [0.1, 0.15) is 16.7 Å². The molecule has 0 aliphatic carbocycles. The second kappa shape index (κ2) is 5.92. The van der Waals surface area contributed by atoms with Crippen LogP contribution >= 0.6 is 0 Å². The minimum absolute atomic E-state index is 0.111. The van der Waals surface area contributed by atoms with Gasteiger partial charge in [-0.1, -0.05) is 12.2 Å². The number of benzene rings is 1. The quantitative estimate of drug-likeness (QED) is 0.620. The number of esters is 1. The summed E-state index contributed by atoms with van der Waals surface area (Å²) in [6, 6.07) is 5.49. The van der Waals surface area contributed by atoms with E-state index in [1.54, 1.807) is 21.0 Å². The Morgan fingerprint density at radius 1 is 1.42 bits per heavy atom. The number of cyclic esters (lactones) is 1. The van der Waals surface area contributed by atoms with E-state index < -0.39 is 27.0 Å². The summed E-state index contributed by atoms with van der Waals surface area (Å²) in [4.78, 5) is 11.5. The molecule has 1 unspecified atom stereocenters. The fraction of sp³-hybridized carbons (Fsp3) is 0.500. The Labute approximate surface area is 144 Å². The second-order valence-corrected chi connectivity index (χ2v) is 8.82. The van der Waals surface area contributed by atoms with E-state index in [0.717, 1.165) is 11.1 Å². The summed E-state index contributed by atoms with van der Waals surface area (Å²) in [7, 11) is 0.124. The zero-order valence-electron chi connectivity index (χ0n) is 14.3. The summed E-state index contributed by atoms with van der Waals surface area (Å²) >= 11 is 0. The topological polar surface area (TPSA) is 61.8 Å². The smallest absolute Gasteiger partial charge is 0.324 e. The van der Waals surface area contributed by atoms with Crippen molar-refractivity contribution < 1.29 is 23.2 Å². The zero-order chi connectivity index (χ0) is 17.6. The first-order valence-electron chi connectivity index (χ1n) is 7.86. The highest BCUT2D eigenvalue weighted by Gasteiger charge is 2.54. The van der Waals surface area contributed by atoms with Crippen molar-refractivity contribution in [1.29, 1.82) is 0 Å². The van der Waals surface area contributed by atoms with Crippen LogP contribution in [0.3, 0.4) is 0 Å². The molecule has 2 aliphatic heterocycles. The van der Waals surface area contributed by atoms with E-state index in [1.807, 2.05) is 25.1 Å². The van der Waals surface area contributed by atoms with Crippen LogP contribution < -0.4 is 9.47 Å². The molecule has 2 aliphatic rings. The first-order valence-corrected chi connectivity index (χ1v) is 9.07. The normalized spacial score (nSPS) is 30.9. The van der Waals surface area contributed by atoms with Gasteiger partial charge in [-0.3, -0.25) is 9.00 Å². The molecule has 0 saturated carbocycles. The Morgan fingerprint density at radius 2 is 2.12 bits per heavy atom. The molecule has 24 heavy (non-hydrogen) atoms. The number of hydrogen-bond acceptors (Lipinski definition) is 5. The lowest BCUT2D eigenvalue weighted by atomic mass is 9.78. The zero-order valence-corrected chi connectivity index (χ0v) is 15.1. The van der Waals surface area contributed by atoms with Crippen LogP contribution in [-0.2, 0) is 20.3 Å². The van der Waals surface area contributed by atoms with Gasteiger partial charge in [-0.15, -0.1) is 0 Å². The molecule has 1 aromatic carbocycles. The van der Waals surface area contributed by atoms with Gasteiger partial charge in [0.05, 0.1) is 24.5 Å². The van der Waals surface area contributed by atoms with E-state index in [2.05, 4.69) is 6.58 Å². The molecule has 0 spiro atoms. The van der Waals surface area contributed by atoms with Crippen molar-refractivity contribution in [3.8, 4) is 11.5 Å². The maximum atomic E-state index is 12.9. The van der Waals surface area contributed by atoms with E-state index >= 15 is 0 Å². The number of fused-ring (bicyclic) bond motifs is 1. The third kappa shape index (κ3) is 2.62. The van der Waals surface area contributed by atoms with E-state index in [4.69, 9.17) is 14.2 Å². The van der Waals surface area contributed by atoms with Crippen molar-refractivity contribution in [2.24, 2.45) is 5.92 Å². The maximum absolute atomic E-state index is 12.9. The van der Waals surface area contributed by atoms with Crippen molar-refractivity contribution >= 4 is 16.8 Å². The Balaban J connectivity index is 2.14. The Hall–Kier alpha value is -1.82. The number of rotatable bonds is 3. The lowest BCUT2D eigenvalue weighted by Crippen LogP contribution is -2.39. The van der Waals surface area contributed by atoms with Crippen LogP contribution in [0.1, 0.15) is 32.3 Å². The van der Waals surface area contributed by atoms with Crippen molar-refractivity contribution in [2.75, 3.05) is 13.7 Å². The van der Waals surface area contributed by atoms with Crippen molar-refractivity contribution in [1.82, 2.24) is 0 Å². The summed E-state index contributed by atoms with van der Waals surface area (Å²) < 4.78 is 29.5. The van der Waals surface area contributed by atoms with Crippen molar-refractivity contribution in [2.45, 2.75) is 36.9 Å². The van der Waals surface area contributed by atoms with Crippen LogP contribution in [0.2, 0.25) is 0 Å². The van der Waals surface area contributed by atoms with Gasteiger partial charge in [-0.25, -0.2) is 0 Å². The molecule has 6 heteroatoms. The van der Waals surface area contributed by atoms with Gasteiger partial charge in [0.15, 0.2) is 4.93 Å². The van der Waals surface area contributed by atoms with Gasteiger partial charge >= 0.3 is 5.97 Å². The summed E-state index contributed by atoms with van der Waals surface area (Å²) in [5, 5.41) is -0.739. The molecule has 0 bridgehead atoms. The Morgan fingerprint density at radius 3 is 2.67 bits per heavy atom. The first kappa shape index (κ1) is 17.0. The number of hydrogen-bond donors (Lipinski definition) is 0. The highest BCUT2D eigenvalue weighted by molar-refractivity contribution is 7.88. The molecule has 1 saturated heterocycles. The van der Waals surface area contributed by atoms with Gasteiger partial charge in [-0.2, -0.15) is 0 Å². The van der Waals surface area contributed by atoms with Gasteiger partial charge < -0.3 is 14.2 Å². The molecule has 3 rings (SSSR count). The SMILES string of the molecule is C=C(C)[C@H]1COc2ccc(OC)cc2[C@H]1C1C(=O)OC(C)(C)[S@]1=O. The van der Waals surface area contributed by atoms with Gasteiger partial charge in [-0.05, 0) is 39.0 Å². The molecule has 5 nitrogen and oxygen atoms in total. The van der Waals surface area contributed by atoms with Gasteiger partial charge in [0.25, 0.3) is 0 Å². The van der Waals surface area contributed by atoms with Crippen LogP contribution in [0.5, 0.6) is 11.5 Å². The van der Waals surface area contributed by atoms with Crippen LogP contribution in [-0.4, -0.2) is 34.1 Å². The number of methoxy groups -OCH3 is 1. The monoisotopic (exact) mass is 350 g/mol. The minimum atomic E-state index is -1.46.